The molecule has 4 heterocycles. The standard InChI is InChI=1S/C19H24N3O6P/c1-4-20-9-11-7-14-13-8-12(21-18(23)25-10(2)3)5-6-15(13)22-16(14)19-17(11)26-29(24,27-19)28-19/h5-6,8,10-11,17,20,22H,4,7,9H2,1-3H3,(H,21,23). The predicted octanol–water partition coefficient (Wildman–Crippen LogP) is 3.61. The number of fused-ring (bicyclic) bond motifs is 3. The van der Waals surface area contributed by atoms with Crippen molar-refractivity contribution in [3.8, 4) is 0 Å². The lowest BCUT2D eigenvalue weighted by Gasteiger charge is -2.41. The lowest BCUT2D eigenvalue weighted by Crippen LogP contribution is -2.51. The molecule has 1 spiro atoms. The Hall–Kier alpha value is -1.90. The van der Waals surface area contributed by atoms with E-state index in [2.05, 4.69) is 15.6 Å². The molecule has 0 radical (unpaired) electrons. The number of benzene rings is 1. The molecule has 1 aromatic carbocycles. The molecule has 3 saturated heterocycles. The monoisotopic (exact) mass is 421 g/mol. The Balaban J connectivity index is 1.53. The molecule has 2 unspecified atom stereocenters. The zero-order chi connectivity index (χ0) is 20.4. The molecule has 29 heavy (non-hydrogen) atoms. The van der Waals surface area contributed by atoms with Crippen molar-refractivity contribution in [2.45, 2.75) is 45.2 Å². The maximum absolute atomic E-state index is 12.4. The van der Waals surface area contributed by atoms with Crippen LogP contribution in [0.2, 0.25) is 0 Å². The van der Waals surface area contributed by atoms with Gasteiger partial charge in [-0.15, -0.1) is 0 Å². The quantitative estimate of drug-likeness (QED) is 0.633. The summed E-state index contributed by atoms with van der Waals surface area (Å²) in [5.41, 5.74) is 3.29. The first kappa shape index (κ1) is 19.1. The van der Waals surface area contributed by atoms with Gasteiger partial charge >= 0.3 is 13.9 Å². The van der Waals surface area contributed by atoms with Gasteiger partial charge in [-0.25, -0.2) is 18.4 Å². The van der Waals surface area contributed by atoms with Crippen LogP contribution in [-0.2, 0) is 35.1 Å². The maximum atomic E-state index is 12.4. The average molecular weight is 421 g/mol. The zero-order valence-corrected chi connectivity index (χ0v) is 17.4. The van der Waals surface area contributed by atoms with Gasteiger partial charge in [-0.05, 0) is 50.6 Å². The van der Waals surface area contributed by atoms with Gasteiger partial charge in [-0.2, -0.15) is 0 Å². The number of amides is 1. The number of nitrogens with one attached hydrogen (secondary N) is 3. The number of carbonyl (C=O) groups excluding carboxylic acids is 1. The number of carbonyl (C=O) groups is 1. The summed E-state index contributed by atoms with van der Waals surface area (Å²) < 4.78 is 34.6. The van der Waals surface area contributed by atoms with E-state index in [-0.39, 0.29) is 12.0 Å². The van der Waals surface area contributed by atoms with Crippen LogP contribution in [0.1, 0.15) is 32.0 Å². The average Bonchev–Trinajstić information content (AvgIpc) is 3.24. The maximum Gasteiger partial charge on any atom is 0.481 e. The third-order valence-electron chi connectivity index (χ3n) is 5.51. The Kier molecular flexibility index (Phi) is 4.31. The Morgan fingerprint density at radius 1 is 1.41 bits per heavy atom. The molecular formula is C19H24N3O6P. The van der Waals surface area contributed by atoms with Gasteiger partial charge in [0.25, 0.3) is 5.79 Å². The molecule has 10 heteroatoms. The number of hydrogen-bond donors (Lipinski definition) is 3. The summed E-state index contributed by atoms with van der Waals surface area (Å²) in [6.45, 7) is 7.15. The van der Waals surface area contributed by atoms with Crippen LogP contribution in [-0.4, -0.2) is 36.4 Å². The first-order valence-electron chi connectivity index (χ1n) is 9.87. The summed E-state index contributed by atoms with van der Waals surface area (Å²) in [6, 6.07) is 5.59. The molecule has 2 bridgehead atoms. The molecule has 4 aliphatic rings. The van der Waals surface area contributed by atoms with E-state index in [1.165, 1.54) is 0 Å². The molecule has 1 aliphatic carbocycles. The van der Waals surface area contributed by atoms with Crippen molar-refractivity contribution >= 4 is 30.5 Å². The smallest absolute Gasteiger partial charge is 0.447 e. The molecular weight excluding hydrogens is 397 g/mol. The highest BCUT2D eigenvalue weighted by Crippen LogP contribution is 2.79. The van der Waals surface area contributed by atoms with Crippen LogP contribution in [0, 0.1) is 5.92 Å². The van der Waals surface area contributed by atoms with Crippen LogP contribution in [0.3, 0.4) is 0 Å². The summed E-state index contributed by atoms with van der Waals surface area (Å²) in [5, 5.41) is 7.06. The summed E-state index contributed by atoms with van der Waals surface area (Å²) in [7, 11) is -3.45. The van der Waals surface area contributed by atoms with Crippen molar-refractivity contribution < 1.29 is 27.7 Å². The molecule has 2 aromatic rings. The predicted molar refractivity (Wildman–Crippen MR) is 106 cm³/mol. The number of hydrogen-bond acceptors (Lipinski definition) is 7. The van der Waals surface area contributed by atoms with Crippen molar-refractivity contribution in [3.63, 3.8) is 0 Å². The van der Waals surface area contributed by atoms with E-state index in [1.54, 1.807) is 19.9 Å². The highest BCUT2D eigenvalue weighted by Gasteiger charge is 2.75. The van der Waals surface area contributed by atoms with Gasteiger partial charge in [0.15, 0.2) is 0 Å². The second-order valence-corrected chi connectivity index (χ2v) is 9.38. The Labute approximate surface area is 168 Å². The van der Waals surface area contributed by atoms with Gasteiger partial charge in [0.1, 0.15) is 6.10 Å². The summed E-state index contributed by atoms with van der Waals surface area (Å²) in [4.78, 5) is 15.3. The highest BCUT2D eigenvalue weighted by atomic mass is 31.2. The first-order valence-corrected chi connectivity index (χ1v) is 11.3. The minimum Gasteiger partial charge on any atom is -0.447 e. The topological polar surface area (TPSA) is 111 Å². The molecule has 2 atom stereocenters. The van der Waals surface area contributed by atoms with Gasteiger partial charge in [0.05, 0.1) is 11.8 Å². The van der Waals surface area contributed by atoms with Crippen LogP contribution >= 0.6 is 7.82 Å². The molecule has 1 amide bonds. The van der Waals surface area contributed by atoms with Gasteiger partial charge in [-0.3, -0.25) is 9.84 Å². The third kappa shape index (κ3) is 2.92. The van der Waals surface area contributed by atoms with Crippen LogP contribution in [0.5, 0.6) is 0 Å². The number of ether oxygens (including phenoxy) is 1. The number of H-pyrrole nitrogens is 1. The summed E-state index contributed by atoms with van der Waals surface area (Å²) in [5.74, 6) is -1.10. The number of aromatic nitrogens is 1. The fourth-order valence-electron chi connectivity index (χ4n) is 4.40. The second kappa shape index (κ2) is 6.55. The fraction of sp³-hybridized carbons (Fsp3) is 0.526. The van der Waals surface area contributed by atoms with Gasteiger partial charge in [-0.1, -0.05) is 6.92 Å². The molecule has 9 nitrogen and oxygen atoms in total. The third-order valence-corrected chi connectivity index (χ3v) is 6.98. The van der Waals surface area contributed by atoms with Crippen LogP contribution < -0.4 is 10.6 Å². The van der Waals surface area contributed by atoms with Crippen molar-refractivity contribution in [2.75, 3.05) is 18.4 Å². The number of phosphoric ester groups is 1. The van der Waals surface area contributed by atoms with Gasteiger partial charge in [0, 0.05) is 29.1 Å². The van der Waals surface area contributed by atoms with Crippen LogP contribution in [0.4, 0.5) is 10.5 Å². The Bertz CT molecular complexity index is 1020. The first-order chi connectivity index (χ1) is 13.8. The molecule has 0 saturated carbocycles. The number of rotatable bonds is 5. The normalized spacial score (nSPS) is 32.0. The fourth-order valence-corrected chi connectivity index (χ4v) is 6.14. The van der Waals surface area contributed by atoms with Crippen molar-refractivity contribution in [2.24, 2.45) is 5.92 Å². The summed E-state index contributed by atoms with van der Waals surface area (Å²) >= 11 is 0. The van der Waals surface area contributed by atoms with E-state index in [4.69, 9.17) is 18.3 Å². The Morgan fingerprint density at radius 3 is 2.93 bits per heavy atom. The van der Waals surface area contributed by atoms with Gasteiger partial charge < -0.3 is 15.0 Å². The Morgan fingerprint density at radius 2 is 2.21 bits per heavy atom. The molecule has 3 fully saturated rings. The van der Waals surface area contributed by atoms with E-state index in [9.17, 15) is 9.36 Å². The molecule has 6 rings (SSSR count). The molecule has 1 aromatic heterocycles. The van der Waals surface area contributed by atoms with Crippen LogP contribution in [0.15, 0.2) is 18.2 Å². The molecule has 3 N–H and O–H groups in total. The molecule has 156 valence electrons. The van der Waals surface area contributed by atoms with E-state index in [0.29, 0.717) is 18.7 Å². The summed E-state index contributed by atoms with van der Waals surface area (Å²) in [6.07, 6.45) is -0.413. The van der Waals surface area contributed by atoms with E-state index in [0.717, 1.165) is 28.7 Å². The lowest BCUT2D eigenvalue weighted by atomic mass is 9.80. The van der Waals surface area contributed by atoms with E-state index >= 15 is 0 Å². The lowest BCUT2D eigenvalue weighted by molar-refractivity contribution is -0.207. The van der Waals surface area contributed by atoms with Crippen molar-refractivity contribution in [1.82, 2.24) is 10.3 Å². The molecule has 3 aliphatic heterocycles. The largest absolute Gasteiger partial charge is 0.481 e. The van der Waals surface area contributed by atoms with Crippen molar-refractivity contribution in [3.05, 3.63) is 29.5 Å². The van der Waals surface area contributed by atoms with E-state index in [1.807, 2.05) is 19.1 Å². The van der Waals surface area contributed by atoms with Gasteiger partial charge in [0.2, 0.25) is 0 Å². The number of phosphoric acid groups is 1. The zero-order valence-electron chi connectivity index (χ0n) is 16.5. The SMILES string of the molecule is CCNCC1Cc2c([nH]c3ccc(NC(=O)OC(C)C)cc23)C23OP(=O)(OC12)O3. The minimum atomic E-state index is -3.45. The number of aromatic amines is 1. The second-order valence-electron chi connectivity index (χ2n) is 7.91. The number of anilines is 1. The highest BCUT2D eigenvalue weighted by molar-refractivity contribution is 7.50. The minimum absolute atomic E-state index is 0.0438. The van der Waals surface area contributed by atoms with Crippen LogP contribution in [0.25, 0.3) is 10.9 Å². The van der Waals surface area contributed by atoms with Crippen molar-refractivity contribution in [1.29, 1.82) is 0 Å². The van der Waals surface area contributed by atoms with E-state index < -0.39 is 25.8 Å².